The summed E-state index contributed by atoms with van der Waals surface area (Å²) in [4.78, 5) is 12.3. The predicted octanol–water partition coefficient (Wildman–Crippen LogP) is 3.52. The minimum absolute atomic E-state index is 0.215. The van der Waals surface area contributed by atoms with Gasteiger partial charge in [-0.3, -0.25) is 4.79 Å². The Labute approximate surface area is 124 Å². The fourth-order valence-electron chi connectivity index (χ4n) is 2.14. The molecule has 2 aromatic rings. The minimum atomic E-state index is -0.284. The maximum atomic E-state index is 13.6. The number of benzene rings is 2. The molecule has 1 atom stereocenters. The Morgan fingerprint density at radius 3 is 2.62 bits per heavy atom. The zero-order valence-corrected chi connectivity index (χ0v) is 12.4. The monoisotopic (exact) mass is 286 g/mol. The summed E-state index contributed by atoms with van der Waals surface area (Å²) < 4.78 is 13.6. The first-order chi connectivity index (χ1) is 9.90. The number of anilines is 1. The van der Waals surface area contributed by atoms with Gasteiger partial charge in [-0.25, -0.2) is 4.39 Å². The van der Waals surface area contributed by atoms with E-state index in [4.69, 9.17) is 5.73 Å². The van der Waals surface area contributed by atoms with E-state index in [0.29, 0.717) is 16.8 Å². The van der Waals surface area contributed by atoms with Crippen LogP contribution in [0.3, 0.4) is 0 Å². The van der Waals surface area contributed by atoms with Gasteiger partial charge in [-0.05, 0) is 55.7 Å². The van der Waals surface area contributed by atoms with Gasteiger partial charge in [-0.15, -0.1) is 0 Å². The molecule has 4 heteroatoms. The van der Waals surface area contributed by atoms with Crippen molar-refractivity contribution < 1.29 is 9.18 Å². The van der Waals surface area contributed by atoms with Crippen molar-refractivity contribution in [2.45, 2.75) is 26.8 Å². The van der Waals surface area contributed by atoms with Crippen molar-refractivity contribution in [2.75, 3.05) is 5.73 Å². The van der Waals surface area contributed by atoms with Crippen LogP contribution < -0.4 is 11.1 Å². The largest absolute Gasteiger partial charge is 0.398 e. The van der Waals surface area contributed by atoms with Gasteiger partial charge in [0.1, 0.15) is 5.82 Å². The van der Waals surface area contributed by atoms with E-state index in [0.717, 1.165) is 11.1 Å². The Balaban J connectivity index is 2.18. The van der Waals surface area contributed by atoms with E-state index in [1.54, 1.807) is 38.1 Å². The van der Waals surface area contributed by atoms with Crippen LogP contribution in [0.5, 0.6) is 0 Å². The van der Waals surface area contributed by atoms with Crippen molar-refractivity contribution in [1.82, 2.24) is 5.32 Å². The Kier molecular flexibility index (Phi) is 4.26. The Hall–Kier alpha value is -2.36. The van der Waals surface area contributed by atoms with Crippen LogP contribution in [0.4, 0.5) is 10.1 Å². The van der Waals surface area contributed by atoms with Crippen LogP contribution in [0.2, 0.25) is 0 Å². The Morgan fingerprint density at radius 1 is 1.24 bits per heavy atom. The van der Waals surface area contributed by atoms with Crippen LogP contribution in [0, 0.1) is 19.7 Å². The molecule has 3 N–H and O–H groups in total. The van der Waals surface area contributed by atoms with Crippen molar-refractivity contribution in [3.63, 3.8) is 0 Å². The molecule has 3 nitrogen and oxygen atoms in total. The highest BCUT2D eigenvalue weighted by atomic mass is 19.1. The molecule has 1 amide bonds. The average molecular weight is 286 g/mol. The molecular weight excluding hydrogens is 267 g/mol. The summed E-state index contributed by atoms with van der Waals surface area (Å²) in [5.74, 6) is -0.484. The highest BCUT2D eigenvalue weighted by Gasteiger charge is 2.15. The molecule has 21 heavy (non-hydrogen) atoms. The van der Waals surface area contributed by atoms with E-state index >= 15 is 0 Å². The maximum Gasteiger partial charge on any atom is 0.252 e. The number of hydrogen-bond acceptors (Lipinski definition) is 2. The standard InChI is InChI=1S/C17H19FN2O/c1-10-7-8-13(9-15(10)18)12(3)20-17(21)14-5-4-6-16(19)11(14)2/h4-9,12H,19H2,1-3H3,(H,20,21). The molecule has 0 radical (unpaired) electrons. The van der Waals surface area contributed by atoms with Crippen molar-refractivity contribution in [1.29, 1.82) is 0 Å². The summed E-state index contributed by atoms with van der Waals surface area (Å²) in [6.07, 6.45) is 0. The van der Waals surface area contributed by atoms with Crippen LogP contribution in [0.25, 0.3) is 0 Å². The Bertz CT molecular complexity index is 682. The van der Waals surface area contributed by atoms with Gasteiger partial charge in [0.05, 0.1) is 6.04 Å². The predicted molar refractivity (Wildman–Crippen MR) is 82.6 cm³/mol. The first kappa shape index (κ1) is 15.0. The van der Waals surface area contributed by atoms with E-state index in [2.05, 4.69) is 5.32 Å². The number of nitrogens with two attached hydrogens (primary N) is 1. The molecule has 2 aromatic carbocycles. The van der Waals surface area contributed by atoms with E-state index in [1.807, 2.05) is 13.0 Å². The van der Waals surface area contributed by atoms with Crippen molar-refractivity contribution >= 4 is 11.6 Å². The zero-order valence-electron chi connectivity index (χ0n) is 12.4. The van der Waals surface area contributed by atoms with E-state index in [9.17, 15) is 9.18 Å². The summed E-state index contributed by atoms with van der Waals surface area (Å²) in [7, 11) is 0. The number of aryl methyl sites for hydroxylation is 1. The lowest BCUT2D eigenvalue weighted by molar-refractivity contribution is 0.0939. The van der Waals surface area contributed by atoms with Gasteiger partial charge in [-0.2, -0.15) is 0 Å². The lowest BCUT2D eigenvalue weighted by Gasteiger charge is -2.16. The first-order valence-corrected chi connectivity index (χ1v) is 6.82. The van der Waals surface area contributed by atoms with E-state index in [-0.39, 0.29) is 17.8 Å². The van der Waals surface area contributed by atoms with Crippen LogP contribution in [-0.2, 0) is 0 Å². The molecule has 0 aliphatic rings. The third-order valence-electron chi connectivity index (χ3n) is 3.66. The van der Waals surface area contributed by atoms with E-state index < -0.39 is 0 Å². The normalized spacial score (nSPS) is 12.0. The fraction of sp³-hybridized carbons (Fsp3) is 0.235. The molecule has 110 valence electrons. The third kappa shape index (κ3) is 3.21. The topological polar surface area (TPSA) is 55.1 Å². The summed E-state index contributed by atoms with van der Waals surface area (Å²) in [5.41, 5.74) is 8.99. The van der Waals surface area contributed by atoms with Gasteiger partial charge in [0.15, 0.2) is 0 Å². The highest BCUT2D eigenvalue weighted by Crippen LogP contribution is 2.19. The number of amides is 1. The molecule has 1 unspecified atom stereocenters. The molecule has 0 heterocycles. The number of halogens is 1. The molecule has 0 aromatic heterocycles. The number of hydrogen-bond donors (Lipinski definition) is 2. The van der Waals surface area contributed by atoms with Gasteiger partial charge in [0, 0.05) is 11.3 Å². The molecule has 2 rings (SSSR count). The zero-order chi connectivity index (χ0) is 15.6. The van der Waals surface area contributed by atoms with Gasteiger partial charge < -0.3 is 11.1 Å². The number of rotatable bonds is 3. The van der Waals surface area contributed by atoms with Gasteiger partial charge in [-0.1, -0.05) is 18.2 Å². The SMILES string of the molecule is Cc1ccc(C(C)NC(=O)c2cccc(N)c2C)cc1F. The number of nitrogens with one attached hydrogen (secondary N) is 1. The lowest BCUT2D eigenvalue weighted by atomic mass is 10.0. The maximum absolute atomic E-state index is 13.6. The second-order valence-corrected chi connectivity index (χ2v) is 5.22. The first-order valence-electron chi connectivity index (χ1n) is 6.82. The third-order valence-corrected chi connectivity index (χ3v) is 3.66. The van der Waals surface area contributed by atoms with Gasteiger partial charge in [0.25, 0.3) is 5.91 Å². The van der Waals surface area contributed by atoms with Crippen molar-refractivity contribution in [3.05, 3.63) is 64.5 Å². The Morgan fingerprint density at radius 2 is 1.95 bits per heavy atom. The van der Waals surface area contributed by atoms with Gasteiger partial charge in [0.2, 0.25) is 0 Å². The minimum Gasteiger partial charge on any atom is -0.398 e. The summed E-state index contributed by atoms with van der Waals surface area (Å²) in [6.45, 7) is 5.34. The molecule has 0 aliphatic heterocycles. The van der Waals surface area contributed by atoms with E-state index in [1.165, 1.54) is 6.07 Å². The van der Waals surface area contributed by atoms with Crippen LogP contribution in [0.1, 0.15) is 40.0 Å². The number of carbonyl (C=O) groups excluding carboxylic acids is 1. The molecule has 0 aliphatic carbocycles. The smallest absolute Gasteiger partial charge is 0.252 e. The number of carbonyl (C=O) groups is 1. The van der Waals surface area contributed by atoms with Crippen LogP contribution in [-0.4, -0.2) is 5.91 Å². The second kappa shape index (κ2) is 5.95. The number of nitrogen functional groups attached to an aromatic ring is 1. The van der Waals surface area contributed by atoms with Gasteiger partial charge >= 0.3 is 0 Å². The average Bonchev–Trinajstić information content (AvgIpc) is 2.44. The molecule has 0 saturated carbocycles. The lowest BCUT2D eigenvalue weighted by Crippen LogP contribution is -2.27. The highest BCUT2D eigenvalue weighted by molar-refractivity contribution is 5.97. The molecule has 0 bridgehead atoms. The van der Waals surface area contributed by atoms with Crippen LogP contribution >= 0.6 is 0 Å². The van der Waals surface area contributed by atoms with Crippen molar-refractivity contribution in [3.8, 4) is 0 Å². The molecule has 0 spiro atoms. The fourth-order valence-corrected chi connectivity index (χ4v) is 2.14. The van der Waals surface area contributed by atoms with Crippen LogP contribution in [0.15, 0.2) is 36.4 Å². The summed E-state index contributed by atoms with van der Waals surface area (Å²) >= 11 is 0. The quantitative estimate of drug-likeness (QED) is 0.848. The molecule has 0 fully saturated rings. The molecular formula is C17H19FN2O. The summed E-state index contributed by atoms with van der Waals surface area (Å²) in [5, 5.41) is 2.87. The second-order valence-electron chi connectivity index (χ2n) is 5.22. The molecule has 0 saturated heterocycles. The summed E-state index contributed by atoms with van der Waals surface area (Å²) in [6, 6.07) is 9.91. The van der Waals surface area contributed by atoms with Crippen molar-refractivity contribution in [2.24, 2.45) is 0 Å².